The van der Waals surface area contributed by atoms with Gasteiger partial charge in [-0.1, -0.05) is 24.0 Å². The molecule has 0 saturated heterocycles. The molecule has 3 N–H and O–H groups in total. The zero-order chi connectivity index (χ0) is 7.44. The van der Waals surface area contributed by atoms with Crippen LogP contribution in [0.25, 0.3) is 0 Å². The molecular formula is C4H9NNa2O2S2. The molecule has 7 heteroatoms. The Morgan fingerprint density at radius 3 is 2.18 bits per heavy atom. The molecule has 0 radical (unpaired) electrons. The minimum absolute atomic E-state index is 0. The number of thioether (sulfide) groups is 1. The van der Waals surface area contributed by atoms with Gasteiger partial charge >= 0.3 is 65.1 Å². The van der Waals surface area contributed by atoms with E-state index in [1.165, 1.54) is 6.92 Å². The second-order valence-electron chi connectivity index (χ2n) is 1.42. The molecule has 0 aliphatic heterocycles. The van der Waals surface area contributed by atoms with Crippen LogP contribution in [0.1, 0.15) is 9.78 Å². The minimum atomic E-state index is -0.896. The molecule has 0 aromatic heterocycles. The molecule has 0 rings (SSSR count). The second-order valence-corrected chi connectivity index (χ2v) is 3.50. The van der Waals surface area contributed by atoms with E-state index in [-0.39, 0.29) is 66.3 Å². The summed E-state index contributed by atoms with van der Waals surface area (Å²) in [5.74, 6) is -0.896. The molecular weight excluding hydrogens is 204 g/mol. The van der Waals surface area contributed by atoms with E-state index >= 15 is 0 Å². The predicted molar refractivity (Wildman–Crippen MR) is 43.7 cm³/mol. The number of thiocarbonyl (C=S) groups is 1. The summed E-state index contributed by atoms with van der Waals surface area (Å²) >= 11 is 5.44. The van der Waals surface area contributed by atoms with Crippen molar-refractivity contribution in [3.63, 3.8) is 0 Å². The average molecular weight is 213 g/mol. The van der Waals surface area contributed by atoms with Gasteiger partial charge in [-0.3, -0.25) is 4.79 Å². The first-order valence-corrected chi connectivity index (χ1v) is 3.51. The van der Waals surface area contributed by atoms with E-state index in [1.54, 1.807) is 0 Å². The van der Waals surface area contributed by atoms with Gasteiger partial charge in [0.05, 0.1) is 0 Å². The Labute approximate surface area is 122 Å². The monoisotopic (exact) mass is 213 g/mol. The van der Waals surface area contributed by atoms with Crippen LogP contribution in [0.4, 0.5) is 0 Å². The number of rotatable bonds is 2. The van der Waals surface area contributed by atoms with Gasteiger partial charge in [0.1, 0.15) is 9.57 Å². The standard InChI is InChI=1S/C4H7NO2S2.2Na.2H/c1-2(3(6)7)9-4(5)8;;;;/h2H,1H3,(H2,5,8)(H,6,7);;;;/q;2*+1;2*-1. The van der Waals surface area contributed by atoms with E-state index in [2.05, 4.69) is 12.2 Å². The maximum atomic E-state index is 10.1. The molecule has 11 heavy (non-hydrogen) atoms. The van der Waals surface area contributed by atoms with E-state index < -0.39 is 11.2 Å². The van der Waals surface area contributed by atoms with Gasteiger partial charge in [0.15, 0.2) is 0 Å². The molecule has 0 bridgehead atoms. The molecule has 0 aromatic carbocycles. The molecule has 0 amide bonds. The maximum Gasteiger partial charge on any atom is 1.00 e. The Bertz CT molecular complexity index is 152. The van der Waals surface area contributed by atoms with Crippen LogP contribution in [0.15, 0.2) is 0 Å². The summed E-state index contributed by atoms with van der Waals surface area (Å²) in [6.07, 6.45) is 0. The van der Waals surface area contributed by atoms with Gasteiger partial charge in [-0.25, -0.2) is 0 Å². The summed E-state index contributed by atoms with van der Waals surface area (Å²) in [5.41, 5.74) is 5.06. The van der Waals surface area contributed by atoms with Crippen LogP contribution in [-0.4, -0.2) is 20.6 Å². The van der Waals surface area contributed by atoms with Crippen molar-refractivity contribution in [1.82, 2.24) is 0 Å². The number of carboxylic acids is 1. The van der Waals surface area contributed by atoms with E-state index in [0.29, 0.717) is 0 Å². The quantitative estimate of drug-likeness (QED) is 0.354. The fourth-order valence-electron chi connectivity index (χ4n) is 0.225. The summed E-state index contributed by atoms with van der Waals surface area (Å²) in [7, 11) is 0. The van der Waals surface area contributed by atoms with Crippen LogP contribution in [0.2, 0.25) is 0 Å². The van der Waals surface area contributed by atoms with Crippen molar-refractivity contribution in [2.45, 2.75) is 12.2 Å². The fourth-order valence-corrected chi connectivity index (χ4v) is 1.11. The van der Waals surface area contributed by atoms with Crippen LogP contribution >= 0.6 is 24.0 Å². The number of carbonyl (C=O) groups is 1. The maximum absolute atomic E-state index is 10.1. The van der Waals surface area contributed by atoms with E-state index in [1.807, 2.05) is 0 Å². The van der Waals surface area contributed by atoms with Gasteiger partial charge in [-0.2, -0.15) is 0 Å². The van der Waals surface area contributed by atoms with Crippen molar-refractivity contribution in [1.29, 1.82) is 0 Å². The first-order chi connectivity index (χ1) is 4.04. The van der Waals surface area contributed by atoms with Crippen LogP contribution in [0, 0.1) is 0 Å². The summed E-state index contributed by atoms with van der Waals surface area (Å²) in [5, 5.41) is 7.76. The first-order valence-electron chi connectivity index (χ1n) is 2.23. The van der Waals surface area contributed by atoms with Crippen molar-refractivity contribution < 1.29 is 71.9 Å². The average Bonchev–Trinajstić information content (AvgIpc) is 1.63. The van der Waals surface area contributed by atoms with Crippen molar-refractivity contribution in [3.05, 3.63) is 0 Å². The second kappa shape index (κ2) is 9.80. The molecule has 0 aromatic rings. The van der Waals surface area contributed by atoms with Gasteiger partial charge in [-0.15, -0.1) is 0 Å². The van der Waals surface area contributed by atoms with Crippen LogP contribution < -0.4 is 64.8 Å². The number of aliphatic carboxylic acids is 1. The summed E-state index contributed by atoms with van der Waals surface area (Å²) < 4.78 is 0.171. The molecule has 0 saturated carbocycles. The van der Waals surface area contributed by atoms with Crippen molar-refractivity contribution in [2.24, 2.45) is 5.73 Å². The zero-order valence-corrected chi connectivity index (χ0v) is 12.5. The number of nitrogens with two attached hydrogens (primary N) is 1. The Kier molecular flexibility index (Phi) is 16.5. The van der Waals surface area contributed by atoms with Crippen molar-refractivity contribution >= 4 is 34.3 Å². The van der Waals surface area contributed by atoms with Crippen LogP contribution in [0.5, 0.6) is 0 Å². The third-order valence-electron chi connectivity index (χ3n) is 0.641. The molecule has 1 unspecified atom stereocenters. The van der Waals surface area contributed by atoms with Crippen molar-refractivity contribution in [2.75, 3.05) is 0 Å². The Balaban J connectivity index is -0.0000000533. The Morgan fingerprint density at radius 1 is 1.73 bits per heavy atom. The summed E-state index contributed by atoms with van der Waals surface area (Å²) in [6, 6.07) is 0. The number of hydrogen-bond donors (Lipinski definition) is 2. The largest absolute Gasteiger partial charge is 1.00 e. The SMILES string of the molecule is CC(SC(N)=S)C(=O)O.[H-].[H-].[Na+].[Na+]. The normalized spacial score (nSPS) is 10.3. The smallest absolute Gasteiger partial charge is 1.00 e. The number of hydrogen-bond acceptors (Lipinski definition) is 3. The molecule has 0 aliphatic rings. The van der Waals surface area contributed by atoms with Gasteiger partial charge in [-0.05, 0) is 6.92 Å². The van der Waals surface area contributed by atoms with Gasteiger partial charge < -0.3 is 13.7 Å². The summed E-state index contributed by atoms with van der Waals surface area (Å²) in [4.78, 5) is 10.1. The zero-order valence-electron chi connectivity index (χ0n) is 8.83. The van der Waals surface area contributed by atoms with E-state index in [4.69, 9.17) is 10.8 Å². The molecule has 56 valence electrons. The van der Waals surface area contributed by atoms with Crippen LogP contribution in [-0.2, 0) is 4.79 Å². The first kappa shape index (κ1) is 18.5. The molecule has 3 nitrogen and oxygen atoms in total. The predicted octanol–water partition coefficient (Wildman–Crippen LogP) is -5.33. The van der Waals surface area contributed by atoms with Crippen molar-refractivity contribution in [3.8, 4) is 0 Å². The molecule has 0 aliphatic carbocycles. The minimum Gasteiger partial charge on any atom is -1.00 e. The Morgan fingerprint density at radius 2 is 2.09 bits per heavy atom. The topological polar surface area (TPSA) is 63.3 Å². The molecule has 0 fully saturated rings. The summed E-state index contributed by atoms with van der Waals surface area (Å²) in [6.45, 7) is 1.53. The Hall–Kier alpha value is 1.71. The fraction of sp³-hybridized carbons (Fsp3) is 0.500. The van der Waals surface area contributed by atoms with E-state index in [9.17, 15) is 4.79 Å². The van der Waals surface area contributed by atoms with Crippen LogP contribution in [0.3, 0.4) is 0 Å². The van der Waals surface area contributed by atoms with Gasteiger partial charge in [0.2, 0.25) is 0 Å². The third kappa shape index (κ3) is 11.7. The molecule has 0 heterocycles. The molecule has 1 atom stereocenters. The molecule has 0 spiro atoms. The van der Waals surface area contributed by atoms with Gasteiger partial charge in [0, 0.05) is 0 Å². The third-order valence-corrected chi connectivity index (χ3v) is 1.72. The van der Waals surface area contributed by atoms with E-state index in [0.717, 1.165) is 11.8 Å². The number of carboxylic acid groups (broad SMARTS) is 1. The van der Waals surface area contributed by atoms with Gasteiger partial charge in [0.25, 0.3) is 0 Å².